The highest BCUT2D eigenvalue weighted by molar-refractivity contribution is 5.85. The summed E-state index contributed by atoms with van der Waals surface area (Å²) in [5.41, 5.74) is 1.53. The number of pyridine rings is 1. The van der Waals surface area contributed by atoms with Crippen LogP contribution < -0.4 is 4.90 Å². The molecule has 1 fully saturated rings. The fourth-order valence-electron chi connectivity index (χ4n) is 2.76. The van der Waals surface area contributed by atoms with Gasteiger partial charge in [-0.2, -0.15) is 0 Å². The molecule has 2 heterocycles. The number of carboxylic acid groups (broad SMARTS) is 1. The smallest absolute Gasteiger partial charge is 0.413 e. The number of anilines is 1. The largest absolute Gasteiger partial charge is 0.465 e. The van der Waals surface area contributed by atoms with Gasteiger partial charge in [0.15, 0.2) is 5.82 Å². The third-order valence-corrected chi connectivity index (χ3v) is 4.17. The number of carbonyl (C=O) groups is 1. The van der Waals surface area contributed by atoms with Crippen molar-refractivity contribution in [2.45, 2.75) is 25.4 Å². The number of amides is 1. The Kier molecular flexibility index (Phi) is 3.89. The van der Waals surface area contributed by atoms with Crippen molar-refractivity contribution in [1.82, 2.24) is 19.7 Å². The maximum absolute atomic E-state index is 11.7. The van der Waals surface area contributed by atoms with E-state index in [9.17, 15) is 9.90 Å². The Hall–Kier alpha value is -3.22. The van der Waals surface area contributed by atoms with Gasteiger partial charge in [-0.15, -0.1) is 10.2 Å². The van der Waals surface area contributed by atoms with Crippen LogP contribution in [0.5, 0.6) is 0 Å². The monoisotopic (exact) mass is 335 g/mol. The molecule has 0 spiro atoms. The Morgan fingerprint density at radius 1 is 1.16 bits per heavy atom. The van der Waals surface area contributed by atoms with Crippen LogP contribution in [0.2, 0.25) is 0 Å². The molecule has 2 aromatic heterocycles. The van der Waals surface area contributed by atoms with Gasteiger partial charge in [0, 0.05) is 6.04 Å². The van der Waals surface area contributed by atoms with Gasteiger partial charge in [-0.3, -0.25) is 4.90 Å². The van der Waals surface area contributed by atoms with Crippen LogP contribution in [0.3, 0.4) is 0 Å². The van der Waals surface area contributed by atoms with Gasteiger partial charge in [0.25, 0.3) is 0 Å². The van der Waals surface area contributed by atoms with E-state index < -0.39 is 6.09 Å². The summed E-state index contributed by atoms with van der Waals surface area (Å²) < 4.78 is 2.01. The van der Waals surface area contributed by atoms with Crippen LogP contribution in [-0.4, -0.2) is 30.9 Å². The van der Waals surface area contributed by atoms with Gasteiger partial charge < -0.3 is 9.67 Å². The predicted molar refractivity (Wildman–Crippen MR) is 92.2 cm³/mol. The van der Waals surface area contributed by atoms with Crippen molar-refractivity contribution in [1.29, 1.82) is 0 Å². The molecular formula is C18H17N5O2. The molecule has 0 radical (unpaired) electrons. The molecule has 1 saturated carbocycles. The first-order chi connectivity index (χ1) is 12.2. The van der Waals surface area contributed by atoms with Crippen molar-refractivity contribution in [3.8, 4) is 11.5 Å². The van der Waals surface area contributed by atoms with E-state index in [2.05, 4.69) is 15.2 Å². The Morgan fingerprint density at radius 2 is 1.96 bits per heavy atom. The van der Waals surface area contributed by atoms with Crippen LogP contribution in [0.1, 0.15) is 24.4 Å². The summed E-state index contributed by atoms with van der Waals surface area (Å²) in [5, 5.41) is 17.8. The summed E-state index contributed by atoms with van der Waals surface area (Å²) in [4.78, 5) is 17.5. The summed E-state index contributed by atoms with van der Waals surface area (Å²) in [6.07, 6.45) is 2.89. The minimum absolute atomic E-state index is 0.238. The first-order valence-corrected chi connectivity index (χ1v) is 8.13. The maximum atomic E-state index is 11.7. The van der Waals surface area contributed by atoms with Crippen LogP contribution in [0, 0.1) is 0 Å². The standard InChI is InChI=1S/C18H17N5O2/c24-18(25)22(11-13-5-2-1-3-6-13)16-8-4-7-15(20-16)17-21-19-12-23(17)14-9-10-14/h1-8,12,14H,9-11H2,(H,24,25). The topological polar surface area (TPSA) is 84.1 Å². The number of hydrogen-bond donors (Lipinski definition) is 1. The lowest BCUT2D eigenvalue weighted by Crippen LogP contribution is -2.29. The molecule has 0 bridgehead atoms. The molecule has 1 N–H and O–H groups in total. The number of benzene rings is 1. The molecular weight excluding hydrogens is 318 g/mol. The van der Waals surface area contributed by atoms with Crippen LogP contribution in [0.25, 0.3) is 11.5 Å². The SMILES string of the molecule is O=C(O)N(Cc1ccccc1)c1cccc(-c2nncn2C2CC2)n1. The summed E-state index contributed by atoms with van der Waals surface area (Å²) >= 11 is 0. The Morgan fingerprint density at radius 3 is 2.68 bits per heavy atom. The Balaban J connectivity index is 1.66. The van der Waals surface area contributed by atoms with Crippen LogP contribution in [-0.2, 0) is 6.54 Å². The van der Waals surface area contributed by atoms with Crippen molar-refractivity contribution in [2.24, 2.45) is 0 Å². The Labute approximate surface area is 144 Å². The lowest BCUT2D eigenvalue weighted by atomic mass is 10.2. The zero-order valence-electron chi connectivity index (χ0n) is 13.5. The van der Waals surface area contributed by atoms with Crippen LogP contribution in [0.4, 0.5) is 10.6 Å². The number of aromatic nitrogens is 4. The van der Waals surface area contributed by atoms with Crippen molar-refractivity contribution in [3.63, 3.8) is 0 Å². The highest BCUT2D eigenvalue weighted by atomic mass is 16.4. The molecule has 1 aromatic carbocycles. The van der Waals surface area contributed by atoms with E-state index >= 15 is 0 Å². The zero-order chi connectivity index (χ0) is 17.2. The molecule has 7 nitrogen and oxygen atoms in total. The fourth-order valence-corrected chi connectivity index (χ4v) is 2.76. The summed E-state index contributed by atoms with van der Waals surface area (Å²) in [7, 11) is 0. The van der Waals surface area contributed by atoms with E-state index in [1.807, 2.05) is 41.0 Å². The van der Waals surface area contributed by atoms with Crippen molar-refractivity contribution in [3.05, 3.63) is 60.4 Å². The highest BCUT2D eigenvalue weighted by Gasteiger charge is 2.27. The summed E-state index contributed by atoms with van der Waals surface area (Å²) in [6.45, 7) is 0.238. The molecule has 4 rings (SSSR count). The van der Waals surface area contributed by atoms with E-state index in [1.165, 1.54) is 4.90 Å². The second-order valence-electron chi connectivity index (χ2n) is 6.03. The van der Waals surface area contributed by atoms with Crippen molar-refractivity contribution < 1.29 is 9.90 Å². The fraction of sp³-hybridized carbons (Fsp3) is 0.222. The first kappa shape index (κ1) is 15.3. The lowest BCUT2D eigenvalue weighted by molar-refractivity contribution is 0.201. The van der Waals surface area contributed by atoms with Gasteiger partial charge in [-0.1, -0.05) is 36.4 Å². The number of hydrogen-bond acceptors (Lipinski definition) is 4. The molecule has 0 unspecified atom stereocenters. The lowest BCUT2D eigenvalue weighted by Gasteiger charge is -2.19. The quantitative estimate of drug-likeness (QED) is 0.773. The van der Waals surface area contributed by atoms with Gasteiger partial charge in [0.1, 0.15) is 17.8 Å². The second kappa shape index (κ2) is 6.35. The molecule has 0 saturated heterocycles. The normalized spacial score (nSPS) is 13.6. The number of rotatable bonds is 5. The van der Waals surface area contributed by atoms with E-state index in [0.717, 1.165) is 18.4 Å². The van der Waals surface area contributed by atoms with Gasteiger partial charge >= 0.3 is 6.09 Å². The third kappa shape index (κ3) is 3.21. The van der Waals surface area contributed by atoms with Gasteiger partial charge in [-0.25, -0.2) is 9.78 Å². The molecule has 126 valence electrons. The van der Waals surface area contributed by atoms with E-state index in [-0.39, 0.29) is 6.54 Å². The van der Waals surface area contributed by atoms with Crippen LogP contribution >= 0.6 is 0 Å². The molecule has 0 atom stereocenters. The van der Waals surface area contributed by atoms with Gasteiger partial charge in [-0.05, 0) is 30.5 Å². The summed E-state index contributed by atoms with van der Waals surface area (Å²) in [6, 6.07) is 15.2. The number of nitrogens with zero attached hydrogens (tertiary/aromatic N) is 5. The predicted octanol–water partition coefficient (Wildman–Crippen LogP) is 3.36. The van der Waals surface area contributed by atoms with Gasteiger partial charge in [0.05, 0.1) is 6.54 Å². The van der Waals surface area contributed by atoms with Gasteiger partial charge in [0.2, 0.25) is 0 Å². The molecule has 1 aliphatic rings. The van der Waals surface area contributed by atoms with E-state index in [0.29, 0.717) is 23.4 Å². The minimum Gasteiger partial charge on any atom is -0.465 e. The molecule has 1 aliphatic carbocycles. The molecule has 0 aliphatic heterocycles. The minimum atomic E-state index is -1.04. The average Bonchev–Trinajstić information content (AvgIpc) is 3.37. The van der Waals surface area contributed by atoms with E-state index in [1.54, 1.807) is 18.5 Å². The highest BCUT2D eigenvalue weighted by Crippen LogP contribution is 2.37. The molecule has 3 aromatic rings. The molecule has 7 heteroatoms. The van der Waals surface area contributed by atoms with Crippen LogP contribution in [0.15, 0.2) is 54.9 Å². The molecule has 25 heavy (non-hydrogen) atoms. The zero-order valence-corrected chi connectivity index (χ0v) is 13.5. The molecule has 1 amide bonds. The second-order valence-corrected chi connectivity index (χ2v) is 6.03. The third-order valence-electron chi connectivity index (χ3n) is 4.17. The van der Waals surface area contributed by atoms with Crippen molar-refractivity contribution >= 4 is 11.9 Å². The first-order valence-electron chi connectivity index (χ1n) is 8.13. The average molecular weight is 335 g/mol. The maximum Gasteiger partial charge on any atom is 0.413 e. The summed E-state index contributed by atoms with van der Waals surface area (Å²) in [5.74, 6) is 1.05. The van der Waals surface area contributed by atoms with E-state index in [4.69, 9.17) is 0 Å². The van der Waals surface area contributed by atoms with Crippen molar-refractivity contribution in [2.75, 3.05) is 4.90 Å². The Bertz CT molecular complexity index is 889.